The van der Waals surface area contributed by atoms with Crippen LogP contribution in [0, 0.1) is 0 Å². The lowest BCUT2D eigenvalue weighted by atomic mass is 10.0. The number of hydrogen-bond acceptors (Lipinski definition) is 7. The van der Waals surface area contributed by atoms with Gasteiger partial charge >= 0.3 is 5.97 Å². The summed E-state index contributed by atoms with van der Waals surface area (Å²) in [6.45, 7) is 3.24. The zero-order valence-electron chi connectivity index (χ0n) is 18.7. The van der Waals surface area contributed by atoms with E-state index in [2.05, 4.69) is 21.3 Å². The Morgan fingerprint density at radius 1 is 0.970 bits per heavy atom. The molecule has 3 amide bonds. The molecule has 11 nitrogen and oxygen atoms in total. The van der Waals surface area contributed by atoms with Gasteiger partial charge in [-0.15, -0.1) is 0 Å². The molecule has 2 rings (SSSR count). The van der Waals surface area contributed by atoms with Crippen LogP contribution in [0.4, 0.5) is 0 Å². The Kier molecular flexibility index (Phi) is 9.76. The van der Waals surface area contributed by atoms with Crippen molar-refractivity contribution in [2.24, 2.45) is 0 Å². The van der Waals surface area contributed by atoms with E-state index in [0.29, 0.717) is 18.5 Å². The van der Waals surface area contributed by atoms with E-state index in [0.717, 1.165) is 6.42 Å². The van der Waals surface area contributed by atoms with Gasteiger partial charge in [0.25, 0.3) is 0 Å². The van der Waals surface area contributed by atoms with Crippen molar-refractivity contribution in [2.45, 2.75) is 69.5 Å². The minimum Gasteiger partial charge on any atom is -0.480 e. The second-order valence-corrected chi connectivity index (χ2v) is 8.19. The van der Waals surface area contributed by atoms with E-state index in [9.17, 15) is 34.5 Å². The predicted molar refractivity (Wildman–Crippen MR) is 118 cm³/mol. The second-order valence-electron chi connectivity index (χ2n) is 8.19. The molecule has 1 aliphatic rings. The van der Waals surface area contributed by atoms with Gasteiger partial charge in [0.1, 0.15) is 12.1 Å². The molecular formula is C22H32N4O7. The fourth-order valence-electron chi connectivity index (χ4n) is 3.53. The molecule has 1 aromatic rings. The lowest BCUT2D eigenvalue weighted by molar-refractivity contribution is -0.145. The lowest BCUT2D eigenvalue weighted by Gasteiger charge is -2.27. The molecule has 1 aliphatic heterocycles. The number of aliphatic carboxylic acids is 1. The third-order valence-corrected chi connectivity index (χ3v) is 5.40. The van der Waals surface area contributed by atoms with Crippen LogP contribution in [0.5, 0.6) is 0 Å². The summed E-state index contributed by atoms with van der Waals surface area (Å²) in [4.78, 5) is 49.6. The van der Waals surface area contributed by atoms with Crippen molar-refractivity contribution in [3.05, 3.63) is 35.9 Å². The molecule has 11 heteroatoms. The maximum atomic E-state index is 12.9. The van der Waals surface area contributed by atoms with Crippen LogP contribution < -0.4 is 21.3 Å². The van der Waals surface area contributed by atoms with Crippen molar-refractivity contribution in [2.75, 3.05) is 6.54 Å². The van der Waals surface area contributed by atoms with Gasteiger partial charge in [-0.1, -0.05) is 30.3 Å². The number of rotatable bonds is 11. The Balaban J connectivity index is 2.18. The first-order valence-electron chi connectivity index (χ1n) is 10.9. The number of carbonyl (C=O) groups excluding carboxylic acids is 3. The highest BCUT2D eigenvalue weighted by Crippen LogP contribution is 2.08. The molecule has 182 valence electrons. The van der Waals surface area contributed by atoms with Crippen LogP contribution in [-0.4, -0.2) is 81.9 Å². The molecule has 0 spiro atoms. The standard InChI is InChI=1S/C22H32N4O7/c1-12(27)17(25-19(29)15-9-6-10-23-15)21(31)24-16(11-14-7-4-3-5-8-14)20(30)26-18(13(2)28)22(32)33/h3-5,7-8,12-13,15-18,23,27-28H,6,9-11H2,1-2H3,(H,24,31)(H,25,29)(H,26,30)(H,32,33). The molecule has 7 N–H and O–H groups in total. The fraction of sp³-hybridized carbons (Fsp3) is 0.545. The lowest BCUT2D eigenvalue weighted by Crippen LogP contribution is -2.60. The third-order valence-electron chi connectivity index (χ3n) is 5.40. The van der Waals surface area contributed by atoms with Crippen molar-refractivity contribution >= 4 is 23.7 Å². The Hall–Kier alpha value is -3.02. The van der Waals surface area contributed by atoms with Gasteiger partial charge in [0.15, 0.2) is 6.04 Å². The van der Waals surface area contributed by atoms with E-state index in [-0.39, 0.29) is 6.42 Å². The Bertz CT molecular complexity index is 825. The molecule has 6 unspecified atom stereocenters. The molecule has 0 radical (unpaired) electrons. The van der Waals surface area contributed by atoms with Crippen molar-refractivity contribution in [3.63, 3.8) is 0 Å². The maximum absolute atomic E-state index is 12.9. The van der Waals surface area contributed by atoms with Gasteiger partial charge in [-0.3, -0.25) is 14.4 Å². The zero-order valence-corrected chi connectivity index (χ0v) is 18.7. The van der Waals surface area contributed by atoms with Gasteiger partial charge in [0.2, 0.25) is 17.7 Å². The Labute approximate surface area is 191 Å². The smallest absolute Gasteiger partial charge is 0.328 e. The third kappa shape index (κ3) is 7.81. The number of hydrogen-bond donors (Lipinski definition) is 7. The number of aliphatic hydroxyl groups excluding tert-OH is 2. The quantitative estimate of drug-likeness (QED) is 0.202. The second kappa shape index (κ2) is 12.3. The van der Waals surface area contributed by atoms with Gasteiger partial charge in [0.05, 0.1) is 18.2 Å². The molecular weight excluding hydrogens is 432 g/mol. The first-order chi connectivity index (χ1) is 15.6. The predicted octanol–water partition coefficient (Wildman–Crippen LogP) is -1.72. The fourth-order valence-corrected chi connectivity index (χ4v) is 3.53. The van der Waals surface area contributed by atoms with Crippen LogP contribution in [0.15, 0.2) is 30.3 Å². The van der Waals surface area contributed by atoms with Crippen molar-refractivity contribution in [1.82, 2.24) is 21.3 Å². The summed E-state index contributed by atoms with van der Waals surface area (Å²) < 4.78 is 0. The molecule has 1 aromatic carbocycles. The number of benzene rings is 1. The van der Waals surface area contributed by atoms with Gasteiger partial charge < -0.3 is 36.6 Å². The first kappa shape index (κ1) is 26.2. The molecule has 0 aliphatic carbocycles. The van der Waals surface area contributed by atoms with E-state index in [1.807, 2.05) is 0 Å². The monoisotopic (exact) mass is 464 g/mol. The highest BCUT2D eigenvalue weighted by Gasteiger charge is 2.34. The van der Waals surface area contributed by atoms with Crippen LogP contribution >= 0.6 is 0 Å². The van der Waals surface area contributed by atoms with Gasteiger partial charge in [-0.25, -0.2) is 4.79 Å². The minimum absolute atomic E-state index is 0.0230. The maximum Gasteiger partial charge on any atom is 0.328 e. The molecule has 1 fully saturated rings. The average molecular weight is 465 g/mol. The highest BCUT2D eigenvalue weighted by molar-refractivity contribution is 5.94. The summed E-state index contributed by atoms with van der Waals surface area (Å²) in [5, 5.41) is 39.3. The van der Waals surface area contributed by atoms with E-state index in [1.54, 1.807) is 30.3 Å². The zero-order chi connectivity index (χ0) is 24.5. The summed E-state index contributed by atoms with van der Waals surface area (Å²) in [5.41, 5.74) is 0.690. The van der Waals surface area contributed by atoms with Crippen LogP contribution in [0.3, 0.4) is 0 Å². The van der Waals surface area contributed by atoms with Crippen molar-refractivity contribution < 1.29 is 34.5 Å². The average Bonchev–Trinajstić information content (AvgIpc) is 3.30. The number of nitrogens with one attached hydrogen (secondary N) is 4. The number of aliphatic hydroxyl groups is 2. The summed E-state index contributed by atoms with van der Waals surface area (Å²) in [6.07, 6.45) is -1.18. The Morgan fingerprint density at radius 2 is 1.61 bits per heavy atom. The number of amides is 3. The van der Waals surface area contributed by atoms with E-state index < -0.39 is 60.1 Å². The SMILES string of the molecule is CC(O)C(NC(=O)C(Cc1ccccc1)NC(=O)C(NC(=O)C1CCCN1)C(C)O)C(=O)O. The summed E-state index contributed by atoms with van der Waals surface area (Å²) in [6, 6.07) is 4.15. The molecule has 6 atom stereocenters. The Morgan fingerprint density at radius 3 is 2.12 bits per heavy atom. The van der Waals surface area contributed by atoms with Crippen LogP contribution in [-0.2, 0) is 25.6 Å². The van der Waals surface area contributed by atoms with Crippen LogP contribution in [0.25, 0.3) is 0 Å². The van der Waals surface area contributed by atoms with Crippen LogP contribution in [0.1, 0.15) is 32.3 Å². The minimum atomic E-state index is -1.58. The normalized spacial score (nSPS) is 20.1. The van der Waals surface area contributed by atoms with Crippen LogP contribution in [0.2, 0.25) is 0 Å². The van der Waals surface area contributed by atoms with Gasteiger partial charge in [0, 0.05) is 6.42 Å². The highest BCUT2D eigenvalue weighted by atomic mass is 16.4. The molecule has 33 heavy (non-hydrogen) atoms. The largest absolute Gasteiger partial charge is 0.480 e. The summed E-state index contributed by atoms with van der Waals surface area (Å²) in [7, 11) is 0. The molecule has 0 saturated carbocycles. The molecule has 0 aromatic heterocycles. The first-order valence-corrected chi connectivity index (χ1v) is 10.9. The van der Waals surface area contributed by atoms with E-state index in [1.165, 1.54) is 13.8 Å². The van der Waals surface area contributed by atoms with E-state index in [4.69, 9.17) is 0 Å². The van der Waals surface area contributed by atoms with Gasteiger partial charge in [-0.2, -0.15) is 0 Å². The molecule has 0 bridgehead atoms. The summed E-state index contributed by atoms with van der Waals surface area (Å²) in [5.74, 6) is -3.48. The number of carboxylic acid groups (broad SMARTS) is 1. The van der Waals surface area contributed by atoms with Crippen molar-refractivity contribution in [3.8, 4) is 0 Å². The van der Waals surface area contributed by atoms with E-state index >= 15 is 0 Å². The molecule has 1 heterocycles. The van der Waals surface area contributed by atoms with Crippen molar-refractivity contribution in [1.29, 1.82) is 0 Å². The molecule has 1 saturated heterocycles. The number of carbonyl (C=O) groups is 4. The topological polar surface area (TPSA) is 177 Å². The van der Waals surface area contributed by atoms with Gasteiger partial charge in [-0.05, 0) is 38.8 Å². The summed E-state index contributed by atoms with van der Waals surface area (Å²) >= 11 is 0. The number of carboxylic acids is 1.